The summed E-state index contributed by atoms with van der Waals surface area (Å²) in [5.74, 6) is 1.01. The van der Waals surface area contributed by atoms with E-state index in [0.717, 1.165) is 10.8 Å². The molecule has 2 unspecified atom stereocenters. The first-order valence-electron chi connectivity index (χ1n) is 7.04. The zero-order chi connectivity index (χ0) is 13.9. The summed E-state index contributed by atoms with van der Waals surface area (Å²) in [7, 11) is 2.09. The van der Waals surface area contributed by atoms with Crippen LogP contribution in [0.2, 0.25) is 5.02 Å². The minimum absolute atomic E-state index is 0.478. The summed E-state index contributed by atoms with van der Waals surface area (Å²) in [6.45, 7) is 4.78. The van der Waals surface area contributed by atoms with Gasteiger partial charge in [-0.15, -0.1) is 0 Å². The lowest BCUT2D eigenvalue weighted by Gasteiger charge is -2.40. The summed E-state index contributed by atoms with van der Waals surface area (Å²) in [4.78, 5) is 0. The van der Waals surface area contributed by atoms with Crippen molar-refractivity contribution in [3.63, 3.8) is 0 Å². The summed E-state index contributed by atoms with van der Waals surface area (Å²) in [6.07, 6.45) is 3.89. The second-order valence-corrected chi connectivity index (χ2v) is 7.88. The average Bonchev–Trinajstić information content (AvgIpc) is 2.37. The van der Waals surface area contributed by atoms with E-state index in [2.05, 4.69) is 50.1 Å². The second-order valence-electron chi connectivity index (χ2n) is 6.24. The molecule has 0 aromatic heterocycles. The van der Waals surface area contributed by atoms with Gasteiger partial charge in [-0.2, -0.15) is 11.8 Å². The molecule has 0 heterocycles. The summed E-state index contributed by atoms with van der Waals surface area (Å²) < 4.78 is 0. The van der Waals surface area contributed by atoms with Crippen LogP contribution in [0.25, 0.3) is 0 Å². The van der Waals surface area contributed by atoms with Gasteiger partial charge in [0, 0.05) is 22.1 Å². The quantitative estimate of drug-likeness (QED) is 0.861. The van der Waals surface area contributed by atoms with Crippen LogP contribution < -0.4 is 5.32 Å². The van der Waals surface area contributed by atoms with E-state index >= 15 is 0 Å². The van der Waals surface area contributed by atoms with Gasteiger partial charge in [0.1, 0.15) is 0 Å². The number of hydrogen-bond donors (Lipinski definition) is 1. The Balaban J connectivity index is 1.98. The van der Waals surface area contributed by atoms with E-state index in [1.165, 1.54) is 24.8 Å². The van der Waals surface area contributed by atoms with Crippen LogP contribution in [0.1, 0.15) is 38.7 Å². The average molecular weight is 298 g/mol. The molecule has 2 atom stereocenters. The molecule has 1 aliphatic carbocycles. The highest BCUT2D eigenvalue weighted by molar-refractivity contribution is 7.99. The second kappa shape index (κ2) is 6.51. The molecule has 19 heavy (non-hydrogen) atoms. The molecular weight excluding hydrogens is 274 g/mol. The molecule has 0 radical (unpaired) electrons. The van der Waals surface area contributed by atoms with Crippen LogP contribution in [-0.2, 0) is 5.75 Å². The molecule has 3 heteroatoms. The molecule has 1 aliphatic rings. The number of nitrogens with one attached hydrogen (secondary N) is 1. The molecule has 0 amide bonds. The minimum Gasteiger partial charge on any atom is -0.316 e. The van der Waals surface area contributed by atoms with E-state index in [1.54, 1.807) is 0 Å². The highest BCUT2D eigenvalue weighted by atomic mass is 35.5. The predicted octanol–water partition coefficient (Wildman–Crippen LogP) is 4.74. The number of halogens is 1. The van der Waals surface area contributed by atoms with Crippen LogP contribution in [-0.4, -0.2) is 18.3 Å². The summed E-state index contributed by atoms with van der Waals surface area (Å²) in [6, 6.07) is 8.83. The van der Waals surface area contributed by atoms with Gasteiger partial charge in [0.15, 0.2) is 0 Å². The van der Waals surface area contributed by atoms with Gasteiger partial charge in [-0.3, -0.25) is 0 Å². The van der Waals surface area contributed by atoms with Crippen molar-refractivity contribution in [2.75, 3.05) is 7.05 Å². The monoisotopic (exact) mass is 297 g/mol. The van der Waals surface area contributed by atoms with Gasteiger partial charge in [-0.1, -0.05) is 43.6 Å². The van der Waals surface area contributed by atoms with Crippen molar-refractivity contribution >= 4 is 23.4 Å². The van der Waals surface area contributed by atoms with Gasteiger partial charge in [0.25, 0.3) is 0 Å². The van der Waals surface area contributed by atoms with Gasteiger partial charge in [0.2, 0.25) is 0 Å². The molecule has 1 N–H and O–H groups in total. The molecule has 0 saturated heterocycles. The number of benzene rings is 1. The summed E-state index contributed by atoms with van der Waals surface area (Å²) >= 11 is 8.29. The van der Waals surface area contributed by atoms with Crippen LogP contribution in [0.3, 0.4) is 0 Å². The van der Waals surface area contributed by atoms with Crippen LogP contribution >= 0.6 is 23.4 Å². The number of thioether (sulfide) groups is 1. The number of hydrogen-bond acceptors (Lipinski definition) is 2. The smallest absolute Gasteiger partial charge is 0.0446 e. The first-order chi connectivity index (χ1) is 9.02. The van der Waals surface area contributed by atoms with Gasteiger partial charge in [-0.05, 0) is 43.4 Å². The SMILES string of the molecule is CNC1CCC(C)(C)CC1SCc1ccccc1Cl. The lowest BCUT2D eigenvalue weighted by Crippen LogP contribution is -2.43. The Morgan fingerprint density at radius 2 is 2.11 bits per heavy atom. The molecule has 0 spiro atoms. The Kier molecular flexibility index (Phi) is 5.22. The first-order valence-corrected chi connectivity index (χ1v) is 8.47. The van der Waals surface area contributed by atoms with E-state index in [1.807, 2.05) is 12.1 Å². The van der Waals surface area contributed by atoms with Gasteiger partial charge in [0.05, 0.1) is 0 Å². The van der Waals surface area contributed by atoms with Crippen molar-refractivity contribution in [1.82, 2.24) is 5.32 Å². The molecule has 1 aromatic carbocycles. The largest absolute Gasteiger partial charge is 0.316 e. The molecule has 1 fully saturated rings. The van der Waals surface area contributed by atoms with Crippen molar-refractivity contribution in [1.29, 1.82) is 0 Å². The Morgan fingerprint density at radius 1 is 1.37 bits per heavy atom. The van der Waals surface area contributed by atoms with Gasteiger partial charge >= 0.3 is 0 Å². The summed E-state index contributed by atoms with van der Waals surface area (Å²) in [5.41, 5.74) is 1.73. The van der Waals surface area contributed by atoms with E-state index in [-0.39, 0.29) is 0 Å². The van der Waals surface area contributed by atoms with Crippen LogP contribution in [0.5, 0.6) is 0 Å². The Morgan fingerprint density at radius 3 is 2.79 bits per heavy atom. The maximum atomic E-state index is 6.24. The normalized spacial score (nSPS) is 26.3. The van der Waals surface area contributed by atoms with Crippen molar-refractivity contribution in [3.05, 3.63) is 34.9 Å². The van der Waals surface area contributed by atoms with E-state index in [9.17, 15) is 0 Å². The molecule has 0 bridgehead atoms. The highest BCUT2D eigenvalue weighted by Crippen LogP contribution is 2.41. The maximum absolute atomic E-state index is 6.24. The fraction of sp³-hybridized carbons (Fsp3) is 0.625. The summed E-state index contributed by atoms with van der Waals surface area (Å²) in [5, 5.41) is 5.07. The predicted molar refractivity (Wildman–Crippen MR) is 87.0 cm³/mol. The molecule has 106 valence electrons. The fourth-order valence-electron chi connectivity index (χ4n) is 2.84. The lowest BCUT2D eigenvalue weighted by molar-refractivity contribution is 0.218. The molecule has 1 nitrogen and oxygen atoms in total. The Labute approximate surface area is 126 Å². The zero-order valence-corrected chi connectivity index (χ0v) is 13.7. The molecule has 1 aromatic rings. The van der Waals surface area contributed by atoms with E-state index < -0.39 is 0 Å². The van der Waals surface area contributed by atoms with E-state index in [0.29, 0.717) is 16.7 Å². The Hall–Kier alpha value is -0.180. The highest BCUT2D eigenvalue weighted by Gasteiger charge is 2.34. The maximum Gasteiger partial charge on any atom is 0.0446 e. The minimum atomic E-state index is 0.478. The van der Waals surface area contributed by atoms with Crippen LogP contribution in [0.15, 0.2) is 24.3 Å². The third-order valence-electron chi connectivity index (χ3n) is 4.12. The van der Waals surface area contributed by atoms with Crippen molar-refractivity contribution < 1.29 is 0 Å². The molecule has 0 aliphatic heterocycles. The van der Waals surface area contributed by atoms with Crippen LogP contribution in [0.4, 0.5) is 0 Å². The van der Waals surface area contributed by atoms with Gasteiger partial charge in [-0.25, -0.2) is 0 Å². The third-order valence-corrected chi connectivity index (χ3v) is 5.89. The van der Waals surface area contributed by atoms with E-state index in [4.69, 9.17) is 11.6 Å². The van der Waals surface area contributed by atoms with Crippen molar-refractivity contribution in [3.8, 4) is 0 Å². The lowest BCUT2D eigenvalue weighted by atomic mass is 9.75. The fourth-order valence-corrected chi connectivity index (χ4v) is 4.84. The van der Waals surface area contributed by atoms with Crippen molar-refractivity contribution in [2.24, 2.45) is 5.41 Å². The number of rotatable bonds is 4. The van der Waals surface area contributed by atoms with Crippen molar-refractivity contribution in [2.45, 2.75) is 50.2 Å². The first kappa shape index (κ1) is 15.2. The third kappa shape index (κ3) is 4.14. The molecule has 1 saturated carbocycles. The zero-order valence-electron chi connectivity index (χ0n) is 12.1. The molecule has 2 rings (SSSR count). The van der Waals surface area contributed by atoms with Gasteiger partial charge < -0.3 is 5.32 Å². The standard InChI is InChI=1S/C16H24ClNS/c1-16(2)9-8-14(18-3)15(10-16)19-11-12-6-4-5-7-13(12)17/h4-7,14-15,18H,8-11H2,1-3H3. The Bertz CT molecular complexity index is 419. The topological polar surface area (TPSA) is 12.0 Å². The van der Waals surface area contributed by atoms with Crippen LogP contribution in [0, 0.1) is 5.41 Å². The molecular formula is C16H24ClNS.